The SMILES string of the molecule is CCC(F)CCCCSC(C)C(=O)OCC(C)C. The van der Waals surface area contributed by atoms with Crippen molar-refractivity contribution < 1.29 is 13.9 Å². The van der Waals surface area contributed by atoms with E-state index in [9.17, 15) is 9.18 Å². The maximum atomic E-state index is 12.9. The summed E-state index contributed by atoms with van der Waals surface area (Å²) in [6.07, 6.45) is 2.44. The van der Waals surface area contributed by atoms with Gasteiger partial charge in [-0.1, -0.05) is 20.8 Å². The van der Waals surface area contributed by atoms with Crippen LogP contribution in [0.15, 0.2) is 0 Å². The number of esters is 1. The van der Waals surface area contributed by atoms with E-state index in [2.05, 4.69) is 0 Å². The molecule has 0 radical (unpaired) electrons. The molecule has 0 saturated carbocycles. The van der Waals surface area contributed by atoms with E-state index in [1.54, 1.807) is 11.8 Å². The van der Waals surface area contributed by atoms with Crippen LogP contribution in [0.4, 0.5) is 4.39 Å². The molecule has 0 aromatic carbocycles. The minimum absolute atomic E-state index is 0.115. The summed E-state index contributed by atoms with van der Waals surface area (Å²) in [5, 5.41) is -0.115. The van der Waals surface area contributed by atoms with E-state index in [0.29, 0.717) is 25.4 Å². The topological polar surface area (TPSA) is 26.3 Å². The third kappa shape index (κ3) is 9.75. The molecule has 0 amide bonds. The normalized spacial score (nSPS) is 14.6. The van der Waals surface area contributed by atoms with Crippen LogP contribution in [-0.4, -0.2) is 29.8 Å². The van der Waals surface area contributed by atoms with Crippen molar-refractivity contribution in [3.8, 4) is 0 Å². The van der Waals surface area contributed by atoms with Crippen molar-refractivity contribution in [3.05, 3.63) is 0 Å². The first kappa shape index (κ1) is 17.8. The molecule has 0 bridgehead atoms. The van der Waals surface area contributed by atoms with Crippen molar-refractivity contribution in [2.45, 2.75) is 64.8 Å². The van der Waals surface area contributed by atoms with Gasteiger partial charge in [0.05, 0.1) is 18.0 Å². The Labute approximate surface area is 115 Å². The highest BCUT2D eigenvalue weighted by Crippen LogP contribution is 2.16. The Morgan fingerprint density at radius 3 is 2.50 bits per heavy atom. The van der Waals surface area contributed by atoms with Crippen LogP contribution in [0.25, 0.3) is 0 Å². The molecule has 2 unspecified atom stereocenters. The van der Waals surface area contributed by atoms with Crippen molar-refractivity contribution in [2.24, 2.45) is 5.92 Å². The van der Waals surface area contributed by atoms with Crippen molar-refractivity contribution in [1.82, 2.24) is 0 Å². The molecule has 0 aromatic heterocycles. The Morgan fingerprint density at radius 2 is 1.94 bits per heavy atom. The van der Waals surface area contributed by atoms with Gasteiger partial charge in [0.25, 0.3) is 0 Å². The number of hydrogen-bond donors (Lipinski definition) is 0. The summed E-state index contributed by atoms with van der Waals surface area (Å²) in [5.74, 6) is 1.14. The van der Waals surface area contributed by atoms with E-state index in [-0.39, 0.29) is 11.2 Å². The maximum Gasteiger partial charge on any atom is 0.318 e. The Morgan fingerprint density at radius 1 is 1.28 bits per heavy atom. The van der Waals surface area contributed by atoms with Gasteiger partial charge in [0, 0.05) is 0 Å². The van der Waals surface area contributed by atoms with Crippen molar-refractivity contribution in [1.29, 1.82) is 0 Å². The van der Waals surface area contributed by atoms with E-state index >= 15 is 0 Å². The second-order valence-electron chi connectivity index (χ2n) is 5.04. The lowest BCUT2D eigenvalue weighted by Crippen LogP contribution is -2.19. The second kappa shape index (κ2) is 10.7. The smallest absolute Gasteiger partial charge is 0.318 e. The average molecular weight is 278 g/mol. The van der Waals surface area contributed by atoms with E-state index in [1.807, 2.05) is 27.7 Å². The molecule has 2 atom stereocenters. The summed E-state index contributed by atoms with van der Waals surface area (Å²) >= 11 is 1.60. The highest BCUT2D eigenvalue weighted by molar-refractivity contribution is 8.00. The standard InChI is InChI=1S/C14H27FO2S/c1-5-13(15)8-6-7-9-18-12(4)14(16)17-10-11(2)3/h11-13H,5-10H2,1-4H3. The van der Waals surface area contributed by atoms with Crippen molar-refractivity contribution in [3.63, 3.8) is 0 Å². The van der Waals surface area contributed by atoms with Gasteiger partial charge in [0.2, 0.25) is 0 Å². The minimum Gasteiger partial charge on any atom is -0.465 e. The Bertz CT molecular complexity index is 222. The Kier molecular flexibility index (Phi) is 10.5. The van der Waals surface area contributed by atoms with Gasteiger partial charge < -0.3 is 4.74 Å². The van der Waals surface area contributed by atoms with Crippen LogP contribution in [0.5, 0.6) is 0 Å². The van der Waals surface area contributed by atoms with Gasteiger partial charge in [0.1, 0.15) is 0 Å². The number of alkyl halides is 1. The molecule has 0 saturated heterocycles. The number of carbonyl (C=O) groups is 1. The summed E-state index contributed by atoms with van der Waals surface area (Å²) in [6, 6.07) is 0. The van der Waals surface area contributed by atoms with Gasteiger partial charge in [-0.2, -0.15) is 0 Å². The summed E-state index contributed by atoms with van der Waals surface area (Å²) in [6.45, 7) is 8.27. The number of hydrogen-bond acceptors (Lipinski definition) is 3. The number of rotatable bonds is 10. The van der Waals surface area contributed by atoms with Gasteiger partial charge >= 0.3 is 5.97 Å². The maximum absolute atomic E-state index is 12.9. The fraction of sp³-hybridized carbons (Fsp3) is 0.929. The van der Waals surface area contributed by atoms with Crippen LogP contribution in [0.2, 0.25) is 0 Å². The van der Waals surface area contributed by atoms with Crippen molar-refractivity contribution in [2.75, 3.05) is 12.4 Å². The Balaban J connectivity index is 3.51. The first-order chi connectivity index (χ1) is 8.47. The Hall–Kier alpha value is -0.250. The van der Waals surface area contributed by atoms with E-state index in [0.717, 1.165) is 18.6 Å². The zero-order chi connectivity index (χ0) is 14.0. The molecule has 0 spiro atoms. The van der Waals surface area contributed by atoms with Gasteiger partial charge in [-0.3, -0.25) is 4.79 Å². The summed E-state index contributed by atoms with van der Waals surface area (Å²) < 4.78 is 18.1. The third-order valence-electron chi connectivity index (χ3n) is 2.61. The van der Waals surface area contributed by atoms with Crippen LogP contribution in [0, 0.1) is 5.92 Å². The van der Waals surface area contributed by atoms with E-state index in [1.165, 1.54) is 0 Å². The first-order valence-electron chi connectivity index (χ1n) is 6.89. The number of unbranched alkanes of at least 4 members (excludes halogenated alkanes) is 1. The summed E-state index contributed by atoms with van der Waals surface area (Å²) in [4.78, 5) is 11.6. The van der Waals surface area contributed by atoms with Crippen LogP contribution < -0.4 is 0 Å². The highest BCUT2D eigenvalue weighted by Gasteiger charge is 2.15. The molecule has 0 fully saturated rings. The average Bonchev–Trinajstić information content (AvgIpc) is 2.34. The molecule has 18 heavy (non-hydrogen) atoms. The lowest BCUT2D eigenvalue weighted by atomic mass is 10.1. The molecular weight excluding hydrogens is 251 g/mol. The van der Waals surface area contributed by atoms with Crippen LogP contribution in [0.1, 0.15) is 53.4 Å². The molecule has 0 aromatic rings. The fourth-order valence-electron chi connectivity index (χ4n) is 1.37. The lowest BCUT2D eigenvalue weighted by Gasteiger charge is -2.12. The molecule has 0 rings (SSSR count). The van der Waals surface area contributed by atoms with Gasteiger partial charge in [-0.15, -0.1) is 11.8 Å². The molecule has 108 valence electrons. The van der Waals surface area contributed by atoms with Crippen LogP contribution in [0.3, 0.4) is 0 Å². The van der Waals surface area contributed by atoms with Crippen LogP contribution in [-0.2, 0) is 9.53 Å². The first-order valence-corrected chi connectivity index (χ1v) is 7.94. The molecule has 0 aliphatic heterocycles. The van der Waals surface area contributed by atoms with Gasteiger partial charge in [-0.25, -0.2) is 4.39 Å². The van der Waals surface area contributed by atoms with Gasteiger partial charge in [-0.05, 0) is 44.3 Å². The number of ether oxygens (including phenoxy) is 1. The fourth-order valence-corrected chi connectivity index (χ4v) is 2.29. The molecule has 0 aliphatic rings. The van der Waals surface area contributed by atoms with Crippen molar-refractivity contribution >= 4 is 17.7 Å². The predicted molar refractivity (Wildman–Crippen MR) is 76.8 cm³/mol. The number of halogens is 1. The quantitative estimate of drug-likeness (QED) is 0.442. The summed E-state index contributed by atoms with van der Waals surface area (Å²) in [5.41, 5.74) is 0. The second-order valence-corrected chi connectivity index (χ2v) is 6.49. The number of thioether (sulfide) groups is 1. The third-order valence-corrected chi connectivity index (χ3v) is 3.83. The molecule has 0 heterocycles. The lowest BCUT2D eigenvalue weighted by molar-refractivity contribution is -0.143. The molecule has 0 aliphatic carbocycles. The summed E-state index contributed by atoms with van der Waals surface area (Å²) in [7, 11) is 0. The largest absolute Gasteiger partial charge is 0.465 e. The molecule has 4 heteroatoms. The minimum atomic E-state index is -0.663. The monoisotopic (exact) mass is 278 g/mol. The van der Waals surface area contributed by atoms with Crippen LogP contribution >= 0.6 is 11.8 Å². The van der Waals surface area contributed by atoms with E-state index in [4.69, 9.17) is 4.74 Å². The zero-order valence-corrected chi connectivity index (χ0v) is 12.9. The molecular formula is C14H27FO2S. The zero-order valence-electron chi connectivity index (χ0n) is 12.1. The molecule has 2 nitrogen and oxygen atoms in total. The van der Waals surface area contributed by atoms with Gasteiger partial charge in [0.15, 0.2) is 0 Å². The van der Waals surface area contributed by atoms with E-state index < -0.39 is 6.17 Å². The molecule has 0 N–H and O–H groups in total. The highest BCUT2D eigenvalue weighted by atomic mass is 32.2. The number of carbonyl (C=O) groups excluding carboxylic acids is 1. The predicted octanol–water partition coefficient (Wildman–Crippen LogP) is 4.23.